The van der Waals surface area contributed by atoms with E-state index in [2.05, 4.69) is 22.4 Å². The van der Waals surface area contributed by atoms with E-state index in [4.69, 9.17) is 10.5 Å². The predicted octanol–water partition coefficient (Wildman–Crippen LogP) is 2.27. The number of hydrogen-bond acceptors (Lipinski definition) is 4. The van der Waals surface area contributed by atoms with Crippen LogP contribution in [-0.2, 0) is 22.5 Å². The molecule has 0 bridgehead atoms. The lowest BCUT2D eigenvalue weighted by atomic mass is 10.1. The maximum absolute atomic E-state index is 12.2. The molecule has 6 nitrogen and oxygen atoms in total. The first-order valence-electron chi connectivity index (χ1n) is 9.90. The van der Waals surface area contributed by atoms with Gasteiger partial charge in [0.25, 0.3) is 0 Å². The van der Waals surface area contributed by atoms with Crippen LogP contribution in [0.3, 0.4) is 0 Å². The fourth-order valence-electron chi connectivity index (χ4n) is 3.43. The fraction of sp³-hybridized carbons (Fsp3) is 0.524. The summed E-state index contributed by atoms with van der Waals surface area (Å²) in [6.45, 7) is 2.06. The molecule has 27 heavy (non-hydrogen) atoms. The third kappa shape index (κ3) is 6.48. The second kappa shape index (κ2) is 10.2. The summed E-state index contributed by atoms with van der Waals surface area (Å²) in [5, 5.41) is 2.90. The van der Waals surface area contributed by atoms with Gasteiger partial charge >= 0.3 is 0 Å². The molecular weight excluding hydrogens is 340 g/mol. The van der Waals surface area contributed by atoms with Crippen molar-refractivity contribution in [2.24, 2.45) is 5.73 Å². The Balaban J connectivity index is 1.34. The number of rotatable bonds is 10. The minimum absolute atomic E-state index is 0.131. The molecule has 1 heterocycles. The minimum atomic E-state index is -0.583. The van der Waals surface area contributed by atoms with E-state index in [9.17, 15) is 4.79 Å². The SMILES string of the molecule is N[C@@H](Cc1cn(Cc2ccccc2)cn1)C(=O)NCCCOC1CCCC1. The third-order valence-corrected chi connectivity index (χ3v) is 4.94. The van der Waals surface area contributed by atoms with Gasteiger partial charge in [-0.3, -0.25) is 4.79 Å². The average Bonchev–Trinajstić information content (AvgIpc) is 3.34. The van der Waals surface area contributed by atoms with Crippen molar-refractivity contribution in [1.82, 2.24) is 14.9 Å². The third-order valence-electron chi connectivity index (χ3n) is 4.94. The molecule has 1 fully saturated rings. The fourth-order valence-corrected chi connectivity index (χ4v) is 3.43. The van der Waals surface area contributed by atoms with E-state index >= 15 is 0 Å². The molecule has 6 heteroatoms. The van der Waals surface area contributed by atoms with Crippen molar-refractivity contribution in [2.45, 2.75) is 57.2 Å². The van der Waals surface area contributed by atoms with Crippen molar-refractivity contribution >= 4 is 5.91 Å². The van der Waals surface area contributed by atoms with Crippen molar-refractivity contribution in [3.8, 4) is 0 Å². The first kappa shape index (κ1) is 19.6. The lowest BCUT2D eigenvalue weighted by molar-refractivity contribution is -0.122. The highest BCUT2D eigenvalue weighted by atomic mass is 16.5. The zero-order valence-electron chi connectivity index (χ0n) is 15.8. The zero-order chi connectivity index (χ0) is 18.9. The number of imidazole rings is 1. The highest BCUT2D eigenvalue weighted by molar-refractivity contribution is 5.81. The van der Waals surface area contributed by atoms with Gasteiger partial charge in [0.1, 0.15) is 0 Å². The summed E-state index contributed by atoms with van der Waals surface area (Å²) in [5.41, 5.74) is 8.08. The Labute approximate surface area is 161 Å². The van der Waals surface area contributed by atoms with Crippen molar-refractivity contribution in [2.75, 3.05) is 13.2 Å². The predicted molar refractivity (Wildman–Crippen MR) is 105 cm³/mol. The van der Waals surface area contributed by atoms with Crippen LogP contribution in [-0.4, -0.2) is 40.8 Å². The quantitative estimate of drug-likeness (QED) is 0.629. The van der Waals surface area contributed by atoms with Gasteiger partial charge in [0, 0.05) is 32.3 Å². The maximum Gasteiger partial charge on any atom is 0.237 e. The Morgan fingerprint density at radius 2 is 2.07 bits per heavy atom. The van der Waals surface area contributed by atoms with Crippen molar-refractivity contribution in [3.63, 3.8) is 0 Å². The van der Waals surface area contributed by atoms with Gasteiger partial charge in [-0.2, -0.15) is 0 Å². The van der Waals surface area contributed by atoms with Crippen LogP contribution in [0.25, 0.3) is 0 Å². The lowest BCUT2D eigenvalue weighted by Crippen LogP contribution is -2.42. The molecule has 1 aromatic heterocycles. The molecular formula is C21H30N4O2. The standard InChI is InChI=1S/C21H30N4O2/c22-20(21(26)23-11-6-12-27-19-9-4-5-10-19)13-18-15-25(16-24-18)14-17-7-2-1-3-8-17/h1-3,7-8,15-16,19-20H,4-6,9-14,22H2,(H,23,26)/t20-/m0/s1. The smallest absolute Gasteiger partial charge is 0.237 e. The number of benzene rings is 1. The Morgan fingerprint density at radius 3 is 2.85 bits per heavy atom. The van der Waals surface area contributed by atoms with Crippen molar-refractivity contribution < 1.29 is 9.53 Å². The maximum atomic E-state index is 12.2. The molecule has 0 radical (unpaired) electrons. The topological polar surface area (TPSA) is 82.2 Å². The number of ether oxygens (including phenoxy) is 1. The molecule has 0 saturated heterocycles. The summed E-state index contributed by atoms with van der Waals surface area (Å²) in [7, 11) is 0. The van der Waals surface area contributed by atoms with Gasteiger partial charge in [0.2, 0.25) is 5.91 Å². The Bertz CT molecular complexity index is 695. The van der Waals surface area contributed by atoms with Crippen LogP contribution in [0.2, 0.25) is 0 Å². The second-order valence-electron chi connectivity index (χ2n) is 7.26. The molecule has 3 N–H and O–H groups in total. The summed E-state index contributed by atoms with van der Waals surface area (Å²) < 4.78 is 7.81. The first-order chi connectivity index (χ1) is 13.2. The van der Waals surface area contributed by atoms with Gasteiger partial charge in [0.15, 0.2) is 0 Å². The Kier molecular flexibility index (Phi) is 7.42. The summed E-state index contributed by atoms with van der Waals surface area (Å²) in [5.74, 6) is -0.131. The molecule has 0 spiro atoms. The molecule has 1 aliphatic carbocycles. The highest BCUT2D eigenvalue weighted by Gasteiger charge is 2.16. The average molecular weight is 370 g/mol. The van der Waals surface area contributed by atoms with E-state index in [1.54, 1.807) is 6.33 Å². The van der Waals surface area contributed by atoms with Gasteiger partial charge in [-0.1, -0.05) is 43.2 Å². The van der Waals surface area contributed by atoms with Gasteiger partial charge < -0.3 is 20.4 Å². The molecule has 1 aromatic carbocycles. The van der Waals surface area contributed by atoms with Crippen LogP contribution in [0.4, 0.5) is 0 Å². The Morgan fingerprint density at radius 1 is 1.30 bits per heavy atom. The number of carbonyl (C=O) groups is 1. The van der Waals surface area contributed by atoms with E-state index < -0.39 is 6.04 Å². The van der Waals surface area contributed by atoms with Gasteiger partial charge in [-0.25, -0.2) is 4.98 Å². The second-order valence-corrected chi connectivity index (χ2v) is 7.26. The summed E-state index contributed by atoms with van der Waals surface area (Å²) in [4.78, 5) is 16.5. The minimum Gasteiger partial charge on any atom is -0.378 e. The molecule has 1 amide bonds. The highest BCUT2D eigenvalue weighted by Crippen LogP contribution is 2.20. The van der Waals surface area contributed by atoms with Crippen molar-refractivity contribution in [3.05, 3.63) is 54.1 Å². The molecule has 3 rings (SSSR count). The van der Waals surface area contributed by atoms with Crippen LogP contribution in [0.1, 0.15) is 43.4 Å². The number of hydrogen-bond donors (Lipinski definition) is 2. The number of aromatic nitrogens is 2. The van der Waals surface area contributed by atoms with Gasteiger partial charge in [-0.05, 0) is 24.8 Å². The molecule has 1 atom stereocenters. The van der Waals surface area contributed by atoms with Gasteiger partial charge in [-0.15, -0.1) is 0 Å². The monoisotopic (exact) mass is 370 g/mol. The van der Waals surface area contributed by atoms with Crippen LogP contribution in [0.5, 0.6) is 0 Å². The summed E-state index contributed by atoms with van der Waals surface area (Å²) in [6, 6.07) is 9.62. The van der Waals surface area contributed by atoms with Gasteiger partial charge in [0.05, 0.1) is 24.2 Å². The number of nitrogens with one attached hydrogen (secondary N) is 1. The summed E-state index contributed by atoms with van der Waals surface area (Å²) >= 11 is 0. The lowest BCUT2D eigenvalue weighted by Gasteiger charge is -2.13. The molecule has 2 aromatic rings. The van der Waals surface area contributed by atoms with E-state index in [1.165, 1.54) is 31.2 Å². The van der Waals surface area contributed by atoms with Crippen LogP contribution in [0.15, 0.2) is 42.9 Å². The molecule has 1 saturated carbocycles. The van der Waals surface area contributed by atoms with Crippen LogP contribution < -0.4 is 11.1 Å². The van der Waals surface area contributed by atoms with E-state index in [-0.39, 0.29) is 5.91 Å². The van der Waals surface area contributed by atoms with E-state index in [1.807, 2.05) is 29.0 Å². The normalized spacial score (nSPS) is 15.7. The largest absolute Gasteiger partial charge is 0.378 e. The number of amides is 1. The number of carbonyl (C=O) groups excluding carboxylic acids is 1. The van der Waals surface area contributed by atoms with Crippen LogP contribution >= 0.6 is 0 Å². The van der Waals surface area contributed by atoms with Crippen molar-refractivity contribution in [1.29, 1.82) is 0 Å². The molecule has 0 aliphatic heterocycles. The molecule has 1 aliphatic rings. The van der Waals surface area contributed by atoms with E-state index in [0.717, 1.165) is 18.7 Å². The molecule has 146 valence electrons. The summed E-state index contributed by atoms with van der Waals surface area (Å²) in [6.07, 6.45) is 10.3. The number of nitrogens with two attached hydrogens (primary N) is 1. The molecule has 0 unspecified atom stereocenters. The Hall–Kier alpha value is -2.18. The van der Waals surface area contributed by atoms with Crippen LogP contribution in [0, 0.1) is 0 Å². The number of nitrogens with zero attached hydrogens (tertiary/aromatic N) is 2. The van der Waals surface area contributed by atoms with E-state index in [0.29, 0.717) is 25.7 Å². The first-order valence-corrected chi connectivity index (χ1v) is 9.90. The zero-order valence-corrected chi connectivity index (χ0v) is 15.8.